The lowest BCUT2D eigenvalue weighted by Gasteiger charge is -2.21. The molecule has 1 unspecified atom stereocenters. The maximum atomic E-state index is 3.41. The molecule has 0 aliphatic carbocycles. The van der Waals surface area contributed by atoms with E-state index in [-0.39, 0.29) is 0 Å². The molecule has 1 aromatic rings. The van der Waals surface area contributed by atoms with Gasteiger partial charge in [-0.05, 0) is 12.5 Å². The molecule has 0 radical (unpaired) electrons. The molecule has 68 valence electrons. The fraction of sp³-hybridized carbons (Fsp3) is 0.273. The largest absolute Gasteiger partial charge is 0.364 e. The average Bonchev–Trinajstić information content (AvgIpc) is 2.47. The monoisotopic (exact) mass is 174 g/mol. The summed E-state index contributed by atoms with van der Waals surface area (Å²) in [7, 11) is 2.08. The lowest BCUT2D eigenvalue weighted by atomic mass is 10.2. The molecule has 0 fully saturated rings. The molecule has 0 bridgehead atoms. The van der Waals surface area contributed by atoms with Crippen LogP contribution in [0.4, 0.5) is 0 Å². The van der Waals surface area contributed by atoms with Gasteiger partial charge < -0.3 is 10.2 Å². The van der Waals surface area contributed by atoms with E-state index < -0.39 is 0 Å². The Morgan fingerprint density at radius 3 is 2.46 bits per heavy atom. The number of rotatable bonds is 1. The quantitative estimate of drug-likeness (QED) is 0.701. The third kappa shape index (κ3) is 1.52. The minimum Gasteiger partial charge on any atom is -0.364 e. The van der Waals surface area contributed by atoms with E-state index in [1.54, 1.807) is 0 Å². The van der Waals surface area contributed by atoms with E-state index in [2.05, 4.69) is 54.7 Å². The summed E-state index contributed by atoms with van der Waals surface area (Å²) in [6.07, 6.45) is 2.43. The fourth-order valence-electron chi connectivity index (χ4n) is 1.69. The molecule has 1 N–H and O–H groups in total. The van der Waals surface area contributed by atoms with Gasteiger partial charge in [0, 0.05) is 18.9 Å². The molecule has 2 nitrogen and oxygen atoms in total. The molecule has 1 heterocycles. The molecular formula is C11H14N2. The van der Waals surface area contributed by atoms with Gasteiger partial charge in [0.15, 0.2) is 0 Å². The van der Waals surface area contributed by atoms with Gasteiger partial charge in [-0.1, -0.05) is 30.3 Å². The van der Waals surface area contributed by atoms with Crippen molar-refractivity contribution in [3.63, 3.8) is 0 Å². The van der Waals surface area contributed by atoms with E-state index in [4.69, 9.17) is 0 Å². The van der Waals surface area contributed by atoms with Gasteiger partial charge in [0.1, 0.15) is 6.17 Å². The van der Waals surface area contributed by atoms with E-state index in [1.807, 2.05) is 6.07 Å². The van der Waals surface area contributed by atoms with Gasteiger partial charge in [0.2, 0.25) is 0 Å². The average molecular weight is 174 g/mol. The van der Waals surface area contributed by atoms with Crippen LogP contribution < -0.4 is 5.32 Å². The van der Waals surface area contributed by atoms with Gasteiger partial charge in [-0.2, -0.15) is 0 Å². The van der Waals surface area contributed by atoms with Gasteiger partial charge in [-0.25, -0.2) is 0 Å². The maximum absolute atomic E-state index is 3.41. The maximum Gasteiger partial charge on any atom is 0.125 e. The lowest BCUT2D eigenvalue weighted by Crippen LogP contribution is -2.24. The Hall–Kier alpha value is -1.44. The van der Waals surface area contributed by atoms with Crippen molar-refractivity contribution in [1.29, 1.82) is 0 Å². The molecular weight excluding hydrogens is 160 g/mol. The molecule has 2 rings (SSSR count). The van der Waals surface area contributed by atoms with E-state index in [9.17, 15) is 0 Å². The summed E-state index contributed by atoms with van der Waals surface area (Å²) in [5.74, 6) is 0. The van der Waals surface area contributed by atoms with E-state index >= 15 is 0 Å². The Labute approximate surface area is 78.9 Å². The second-order valence-electron chi connectivity index (χ2n) is 3.44. The summed E-state index contributed by atoms with van der Waals surface area (Å²) in [5, 5.41) is 3.41. The first-order valence-electron chi connectivity index (χ1n) is 4.49. The highest BCUT2D eigenvalue weighted by molar-refractivity contribution is 5.22. The minimum absolute atomic E-state index is 0.307. The molecule has 0 amide bonds. The highest BCUT2D eigenvalue weighted by atomic mass is 15.3. The highest BCUT2D eigenvalue weighted by Crippen LogP contribution is 2.22. The number of nitrogens with one attached hydrogen (secondary N) is 1. The van der Waals surface area contributed by atoms with Gasteiger partial charge in [0.25, 0.3) is 0 Å². The number of benzene rings is 1. The zero-order valence-corrected chi connectivity index (χ0v) is 7.99. The number of nitrogens with zero attached hydrogens (tertiary/aromatic N) is 1. The summed E-state index contributed by atoms with van der Waals surface area (Å²) in [6, 6.07) is 10.5. The van der Waals surface area contributed by atoms with Gasteiger partial charge in [-0.15, -0.1) is 0 Å². The molecule has 0 saturated heterocycles. The molecule has 1 aromatic carbocycles. The van der Waals surface area contributed by atoms with Crippen molar-refractivity contribution >= 4 is 0 Å². The van der Waals surface area contributed by atoms with Gasteiger partial charge in [0.05, 0.1) is 0 Å². The molecule has 1 atom stereocenters. The zero-order chi connectivity index (χ0) is 9.26. The first kappa shape index (κ1) is 8.17. The van der Waals surface area contributed by atoms with Crippen LogP contribution >= 0.6 is 0 Å². The SMILES string of the molecule is CC1=CN(C)C(c2ccccc2)N1. The zero-order valence-electron chi connectivity index (χ0n) is 7.99. The fourth-order valence-corrected chi connectivity index (χ4v) is 1.69. The second-order valence-corrected chi connectivity index (χ2v) is 3.44. The Bertz CT molecular complexity index is 316. The molecule has 1 aliphatic heterocycles. The predicted molar refractivity (Wildman–Crippen MR) is 53.8 cm³/mol. The van der Waals surface area contributed by atoms with Crippen LogP contribution in [0.2, 0.25) is 0 Å². The number of hydrogen-bond donors (Lipinski definition) is 1. The van der Waals surface area contributed by atoms with Crippen LogP contribution in [-0.4, -0.2) is 11.9 Å². The van der Waals surface area contributed by atoms with Crippen LogP contribution in [0.1, 0.15) is 18.7 Å². The normalized spacial score (nSPS) is 21.2. The van der Waals surface area contributed by atoms with Crippen molar-refractivity contribution in [3.8, 4) is 0 Å². The van der Waals surface area contributed by atoms with Gasteiger partial charge >= 0.3 is 0 Å². The summed E-state index contributed by atoms with van der Waals surface area (Å²) in [5.41, 5.74) is 2.52. The highest BCUT2D eigenvalue weighted by Gasteiger charge is 2.19. The van der Waals surface area contributed by atoms with Crippen LogP contribution in [0.25, 0.3) is 0 Å². The van der Waals surface area contributed by atoms with E-state index in [1.165, 1.54) is 11.3 Å². The van der Waals surface area contributed by atoms with Crippen molar-refractivity contribution < 1.29 is 0 Å². The third-order valence-electron chi connectivity index (χ3n) is 2.28. The van der Waals surface area contributed by atoms with Crippen molar-refractivity contribution in [2.45, 2.75) is 13.1 Å². The Kier molecular flexibility index (Phi) is 1.97. The minimum atomic E-state index is 0.307. The topological polar surface area (TPSA) is 15.3 Å². The summed E-state index contributed by atoms with van der Waals surface area (Å²) in [4.78, 5) is 2.19. The van der Waals surface area contributed by atoms with Crippen molar-refractivity contribution in [2.24, 2.45) is 0 Å². The predicted octanol–water partition coefficient (Wildman–Crippen LogP) is 2.08. The summed E-state index contributed by atoms with van der Waals surface area (Å²) >= 11 is 0. The Balaban J connectivity index is 2.21. The first-order valence-corrected chi connectivity index (χ1v) is 4.49. The van der Waals surface area contributed by atoms with Crippen LogP contribution in [-0.2, 0) is 0 Å². The molecule has 13 heavy (non-hydrogen) atoms. The summed E-state index contributed by atoms with van der Waals surface area (Å²) in [6.45, 7) is 2.08. The van der Waals surface area contributed by atoms with Crippen LogP contribution in [0.5, 0.6) is 0 Å². The van der Waals surface area contributed by atoms with Crippen LogP contribution in [0, 0.1) is 0 Å². The third-order valence-corrected chi connectivity index (χ3v) is 2.28. The standard InChI is InChI=1S/C11H14N2/c1-9-8-13(2)11(12-9)10-6-4-3-5-7-10/h3-8,11-12H,1-2H3. The number of hydrogen-bond acceptors (Lipinski definition) is 2. The molecule has 2 heteroatoms. The summed E-state index contributed by atoms with van der Waals surface area (Å²) < 4.78 is 0. The first-order chi connectivity index (χ1) is 6.27. The molecule has 0 saturated carbocycles. The van der Waals surface area contributed by atoms with Crippen molar-refractivity contribution in [1.82, 2.24) is 10.2 Å². The van der Waals surface area contributed by atoms with E-state index in [0.29, 0.717) is 6.17 Å². The molecule has 0 aromatic heterocycles. The smallest absolute Gasteiger partial charge is 0.125 e. The Morgan fingerprint density at radius 2 is 1.92 bits per heavy atom. The van der Waals surface area contributed by atoms with Crippen molar-refractivity contribution in [2.75, 3.05) is 7.05 Å². The van der Waals surface area contributed by atoms with Crippen molar-refractivity contribution in [3.05, 3.63) is 47.8 Å². The van der Waals surface area contributed by atoms with Crippen LogP contribution in [0.3, 0.4) is 0 Å². The van der Waals surface area contributed by atoms with Gasteiger partial charge in [-0.3, -0.25) is 0 Å². The lowest BCUT2D eigenvalue weighted by molar-refractivity contribution is 0.338. The van der Waals surface area contributed by atoms with E-state index in [0.717, 1.165) is 0 Å². The number of allylic oxidation sites excluding steroid dienone is 1. The van der Waals surface area contributed by atoms with Crippen LogP contribution in [0.15, 0.2) is 42.2 Å². The molecule has 0 spiro atoms. The second kappa shape index (κ2) is 3.13. The Morgan fingerprint density at radius 1 is 1.23 bits per heavy atom. The molecule has 1 aliphatic rings.